The molecule has 27 heavy (non-hydrogen) atoms. The summed E-state index contributed by atoms with van der Waals surface area (Å²) in [6.45, 7) is 4.92. The quantitative estimate of drug-likeness (QED) is 0.818. The van der Waals surface area contributed by atoms with Gasteiger partial charge in [-0.15, -0.1) is 24.8 Å². The van der Waals surface area contributed by atoms with Gasteiger partial charge in [-0.3, -0.25) is 0 Å². The van der Waals surface area contributed by atoms with E-state index in [1.807, 2.05) is 0 Å². The average molecular weight is 414 g/mol. The fourth-order valence-electron chi connectivity index (χ4n) is 4.84. The second kappa shape index (κ2) is 8.81. The van der Waals surface area contributed by atoms with Crippen LogP contribution in [0.1, 0.15) is 74.7 Å². The molecule has 2 N–H and O–H groups in total. The topological polar surface area (TPSA) is 58.3 Å². The van der Waals surface area contributed by atoms with Crippen LogP contribution in [0.15, 0.2) is 6.07 Å². The molecular weight excluding hydrogens is 381 g/mol. The Labute approximate surface area is 175 Å². The van der Waals surface area contributed by atoms with Crippen LogP contribution in [0, 0.1) is 0 Å². The summed E-state index contributed by atoms with van der Waals surface area (Å²) < 4.78 is 0. The van der Waals surface area contributed by atoms with Crippen LogP contribution in [0.25, 0.3) is 0 Å². The molecule has 1 aromatic heterocycles. The lowest BCUT2D eigenvalue weighted by Crippen LogP contribution is -2.44. The Balaban J connectivity index is 0.00000105. The molecule has 2 aliphatic heterocycles. The largest absolute Gasteiger partial charge is 0.356 e. The molecule has 7 heteroatoms. The molecule has 2 aliphatic carbocycles. The number of halogens is 2. The van der Waals surface area contributed by atoms with E-state index in [-0.39, 0.29) is 24.8 Å². The maximum absolute atomic E-state index is 6.01. The molecule has 2 saturated heterocycles. The predicted molar refractivity (Wildman–Crippen MR) is 114 cm³/mol. The summed E-state index contributed by atoms with van der Waals surface area (Å²) in [6.07, 6.45) is 10.1. The van der Waals surface area contributed by atoms with Crippen molar-refractivity contribution >= 4 is 30.6 Å². The zero-order valence-corrected chi connectivity index (χ0v) is 17.7. The molecule has 4 fully saturated rings. The summed E-state index contributed by atoms with van der Waals surface area (Å²) in [7, 11) is 0. The van der Waals surface area contributed by atoms with E-state index in [9.17, 15) is 0 Å². The minimum atomic E-state index is 0. The molecule has 0 atom stereocenters. The average Bonchev–Trinajstić information content (AvgIpc) is 3.33. The van der Waals surface area contributed by atoms with Gasteiger partial charge in [0, 0.05) is 48.8 Å². The van der Waals surface area contributed by atoms with Gasteiger partial charge in [0.05, 0.1) is 0 Å². The molecule has 0 spiro atoms. The van der Waals surface area contributed by atoms with Crippen molar-refractivity contribution in [3.8, 4) is 0 Å². The van der Waals surface area contributed by atoms with Crippen LogP contribution in [0.2, 0.25) is 0 Å². The highest BCUT2D eigenvalue weighted by molar-refractivity contribution is 5.85. The Hall–Kier alpha value is -0.620. The van der Waals surface area contributed by atoms with Gasteiger partial charge < -0.3 is 15.5 Å². The number of nitrogens with two attached hydrogens (primary N) is 1. The molecule has 1 aromatic rings. The van der Waals surface area contributed by atoms with Crippen molar-refractivity contribution in [2.75, 3.05) is 31.1 Å². The van der Waals surface area contributed by atoms with Crippen LogP contribution in [-0.2, 0) is 0 Å². The Morgan fingerprint density at radius 3 is 2.11 bits per heavy atom. The van der Waals surface area contributed by atoms with Crippen LogP contribution >= 0.6 is 24.8 Å². The molecule has 2 saturated carbocycles. The first-order valence-electron chi connectivity index (χ1n) is 10.4. The van der Waals surface area contributed by atoms with Gasteiger partial charge in [0.25, 0.3) is 0 Å². The third-order valence-corrected chi connectivity index (χ3v) is 6.73. The van der Waals surface area contributed by atoms with E-state index in [1.54, 1.807) is 0 Å². The zero-order valence-electron chi connectivity index (χ0n) is 16.1. The van der Waals surface area contributed by atoms with Crippen LogP contribution < -0.4 is 10.6 Å². The molecule has 4 aliphatic rings. The maximum atomic E-state index is 6.01. The lowest BCUT2D eigenvalue weighted by molar-refractivity contribution is 0.207. The monoisotopic (exact) mass is 413 g/mol. The molecule has 0 aromatic carbocycles. The van der Waals surface area contributed by atoms with E-state index in [2.05, 4.69) is 15.9 Å². The molecule has 0 unspecified atom stereocenters. The normalized spacial score (nSPS) is 29.0. The Kier molecular flexibility index (Phi) is 6.88. The first-order valence-corrected chi connectivity index (χ1v) is 10.4. The van der Waals surface area contributed by atoms with E-state index in [0.717, 1.165) is 37.8 Å². The number of hydrogen-bond acceptors (Lipinski definition) is 5. The first kappa shape index (κ1) is 21.1. The number of anilines is 1. The predicted octanol–water partition coefficient (Wildman–Crippen LogP) is 3.47. The molecule has 0 amide bonds. The SMILES string of the molecule is Cl.Cl.NC1CC(c2cc(N3CCC(N4CCCC4)CC3)nc(C3CC3)n2)C1. The van der Waals surface area contributed by atoms with Crippen LogP contribution in [0.5, 0.6) is 0 Å². The lowest BCUT2D eigenvalue weighted by atomic mass is 9.78. The van der Waals surface area contributed by atoms with Gasteiger partial charge in [-0.1, -0.05) is 0 Å². The number of piperidine rings is 1. The summed E-state index contributed by atoms with van der Waals surface area (Å²) >= 11 is 0. The molecule has 5 rings (SSSR count). The summed E-state index contributed by atoms with van der Waals surface area (Å²) in [6, 6.07) is 3.45. The van der Waals surface area contributed by atoms with E-state index >= 15 is 0 Å². The highest BCUT2D eigenvalue weighted by Gasteiger charge is 2.33. The van der Waals surface area contributed by atoms with E-state index in [4.69, 9.17) is 15.7 Å². The number of hydrogen-bond donors (Lipinski definition) is 1. The number of rotatable bonds is 4. The fourth-order valence-corrected chi connectivity index (χ4v) is 4.84. The lowest BCUT2D eigenvalue weighted by Gasteiger charge is -2.38. The molecular formula is C20H33Cl2N5. The second-order valence-electron chi connectivity index (χ2n) is 8.67. The zero-order chi connectivity index (χ0) is 16.8. The summed E-state index contributed by atoms with van der Waals surface area (Å²) in [4.78, 5) is 15.1. The standard InChI is InChI=1S/C20H31N5.2ClH/c21-16-11-15(12-16)18-13-19(23-20(22-18)14-3-4-14)25-9-5-17(6-10-25)24-7-1-2-8-24;;/h13-17H,1-12,21H2;2*1H. The fraction of sp³-hybridized carbons (Fsp3) is 0.800. The van der Waals surface area contributed by atoms with E-state index in [1.165, 1.54) is 63.1 Å². The molecule has 0 bridgehead atoms. The van der Waals surface area contributed by atoms with Crippen molar-refractivity contribution < 1.29 is 0 Å². The minimum Gasteiger partial charge on any atom is -0.356 e. The van der Waals surface area contributed by atoms with Crippen molar-refractivity contribution in [3.63, 3.8) is 0 Å². The number of likely N-dealkylation sites (tertiary alicyclic amines) is 1. The van der Waals surface area contributed by atoms with E-state index < -0.39 is 0 Å². The van der Waals surface area contributed by atoms with Gasteiger partial charge in [0.2, 0.25) is 0 Å². The van der Waals surface area contributed by atoms with Crippen LogP contribution in [-0.4, -0.2) is 53.1 Å². The first-order chi connectivity index (χ1) is 12.3. The van der Waals surface area contributed by atoms with Crippen LogP contribution in [0.4, 0.5) is 5.82 Å². The Morgan fingerprint density at radius 2 is 1.52 bits per heavy atom. The van der Waals surface area contributed by atoms with Gasteiger partial charge >= 0.3 is 0 Å². The van der Waals surface area contributed by atoms with E-state index in [0.29, 0.717) is 17.9 Å². The van der Waals surface area contributed by atoms with Crippen LogP contribution in [0.3, 0.4) is 0 Å². The smallest absolute Gasteiger partial charge is 0.134 e. The third-order valence-electron chi connectivity index (χ3n) is 6.73. The third kappa shape index (κ3) is 4.52. The minimum absolute atomic E-state index is 0. The summed E-state index contributed by atoms with van der Waals surface area (Å²) in [5.41, 5.74) is 7.27. The van der Waals surface area contributed by atoms with Crippen molar-refractivity contribution in [2.45, 2.75) is 75.3 Å². The van der Waals surface area contributed by atoms with Gasteiger partial charge in [0.1, 0.15) is 11.6 Å². The van der Waals surface area contributed by atoms with Crippen molar-refractivity contribution in [1.82, 2.24) is 14.9 Å². The highest BCUT2D eigenvalue weighted by Crippen LogP contribution is 2.41. The number of aromatic nitrogens is 2. The maximum Gasteiger partial charge on any atom is 0.134 e. The Bertz CT molecular complexity index is 619. The summed E-state index contributed by atoms with van der Waals surface area (Å²) in [5.74, 6) is 3.48. The van der Waals surface area contributed by atoms with Gasteiger partial charge in [-0.25, -0.2) is 9.97 Å². The van der Waals surface area contributed by atoms with Gasteiger partial charge in [-0.05, 0) is 64.5 Å². The van der Waals surface area contributed by atoms with Crippen molar-refractivity contribution in [2.24, 2.45) is 5.73 Å². The summed E-state index contributed by atoms with van der Waals surface area (Å²) in [5, 5.41) is 0. The van der Waals surface area contributed by atoms with Gasteiger partial charge in [0.15, 0.2) is 0 Å². The van der Waals surface area contributed by atoms with Crippen molar-refractivity contribution in [1.29, 1.82) is 0 Å². The second-order valence-corrected chi connectivity index (χ2v) is 8.67. The molecule has 152 valence electrons. The number of nitrogens with zero attached hydrogens (tertiary/aromatic N) is 4. The molecule has 0 radical (unpaired) electrons. The molecule has 3 heterocycles. The highest BCUT2D eigenvalue weighted by atomic mass is 35.5. The van der Waals surface area contributed by atoms with Crippen molar-refractivity contribution in [3.05, 3.63) is 17.6 Å². The van der Waals surface area contributed by atoms with Gasteiger partial charge in [-0.2, -0.15) is 0 Å². The Morgan fingerprint density at radius 1 is 0.852 bits per heavy atom. The molecule has 5 nitrogen and oxygen atoms in total.